The Morgan fingerprint density at radius 1 is 0.576 bits per heavy atom. The second-order valence-corrected chi connectivity index (χ2v) is 18.4. The molecule has 0 spiro atoms. The predicted octanol–water partition coefficient (Wildman–Crippen LogP) is 9.19. The first-order chi connectivity index (χ1) is 26.0. The monoisotopic (exact) mass is 844 g/mol. The molecule has 0 aliphatic heterocycles. The average Bonchev–Trinajstić information content (AvgIpc) is 3.88. The van der Waals surface area contributed by atoms with E-state index in [0.717, 1.165) is 4.90 Å². The van der Waals surface area contributed by atoms with Gasteiger partial charge in [-0.05, 0) is 131 Å². The maximum atomic E-state index is 12.7. The van der Waals surface area contributed by atoms with E-state index in [0.29, 0.717) is 6.42 Å². The van der Waals surface area contributed by atoms with Gasteiger partial charge in [-0.1, -0.05) is 19.6 Å². The molecule has 17 nitrogen and oxygen atoms in total. The van der Waals surface area contributed by atoms with E-state index in [4.69, 9.17) is 33.2 Å². The maximum absolute atomic E-state index is 12.7. The highest BCUT2D eigenvalue weighted by Crippen LogP contribution is 2.51. The van der Waals surface area contributed by atoms with E-state index in [1.54, 1.807) is 124 Å². The lowest BCUT2D eigenvalue weighted by Gasteiger charge is -2.33. The molecule has 0 radical (unpaired) electrons. The Morgan fingerprint density at radius 3 is 1.22 bits per heavy atom. The van der Waals surface area contributed by atoms with Crippen molar-refractivity contribution in [1.82, 2.24) is 10.2 Å². The molecule has 0 saturated heterocycles. The fraction of sp³-hybridized carbons (Fsp3) is 0.738. The minimum absolute atomic E-state index is 0. The van der Waals surface area contributed by atoms with Gasteiger partial charge in [-0.2, -0.15) is 4.90 Å². The van der Waals surface area contributed by atoms with Gasteiger partial charge in [-0.15, -0.1) is 13.2 Å². The first kappa shape index (κ1) is 56.3. The van der Waals surface area contributed by atoms with Crippen LogP contribution in [0.2, 0.25) is 0 Å². The van der Waals surface area contributed by atoms with Crippen LogP contribution in [0, 0.1) is 11.8 Å². The number of esters is 2. The summed E-state index contributed by atoms with van der Waals surface area (Å²) >= 11 is 0. The Hall–Kier alpha value is -4.83. The van der Waals surface area contributed by atoms with E-state index in [-0.39, 0.29) is 33.0 Å². The highest BCUT2D eigenvalue weighted by molar-refractivity contribution is 5.99. The molecule has 2 aliphatic rings. The molecule has 340 valence electrons. The van der Waals surface area contributed by atoms with Gasteiger partial charge in [0.25, 0.3) is 0 Å². The molecule has 2 aliphatic carbocycles. The number of hydrogen-bond acceptors (Lipinski definition) is 15. The number of carbonyl (C=O) groups excluding carboxylic acids is 7. The lowest BCUT2D eigenvalue weighted by atomic mass is 10.1. The second kappa shape index (κ2) is 21.4. The van der Waals surface area contributed by atoms with Crippen molar-refractivity contribution in [2.75, 3.05) is 13.2 Å². The molecular formula is C42H72N2O15. The molecule has 2 saturated carbocycles. The van der Waals surface area contributed by atoms with Crippen LogP contribution in [-0.2, 0) is 47.5 Å². The standard InChI is InChI=1S/C18H29NO6.C13H21NO4.C10H18O5.CH4/c1-9-12-11-18(12,13(20)23-10-2)19(14(21)24-16(3,4)5)15(22)25-17(6,7)8;1-6-9-8-13(9,10(15)17-7-2)14-11(16)18-12(3,4)5;1-9(2,3)14-7(11)13-8(12)15-10(4,5)6;/h9,12H,1,10-11H2,2-8H3;6,9H,1,7-8H2,2-5H3,(H,14,16);1-6H3;1H4/t12-,18-;9-,13-;;/m11../s1. The van der Waals surface area contributed by atoms with E-state index in [2.05, 4.69) is 23.2 Å². The van der Waals surface area contributed by atoms with Crippen LogP contribution in [0.5, 0.6) is 0 Å². The molecule has 0 aromatic rings. The molecule has 0 bridgehead atoms. The number of nitrogens with one attached hydrogen (secondary N) is 1. The second-order valence-electron chi connectivity index (χ2n) is 18.4. The number of alkyl carbamates (subject to hydrolysis) is 1. The smallest absolute Gasteiger partial charge is 0.464 e. The fourth-order valence-electron chi connectivity index (χ4n) is 4.77. The zero-order valence-electron chi connectivity index (χ0n) is 37.6. The van der Waals surface area contributed by atoms with E-state index < -0.39 is 87.5 Å². The number of imide groups is 1. The maximum Gasteiger partial charge on any atom is 0.519 e. The summed E-state index contributed by atoms with van der Waals surface area (Å²) in [5, 5.41) is 2.60. The summed E-state index contributed by atoms with van der Waals surface area (Å²) in [6, 6.07) is 0. The topological polar surface area (TPSA) is 209 Å². The average molecular weight is 845 g/mol. The van der Waals surface area contributed by atoms with Crippen LogP contribution in [0.3, 0.4) is 0 Å². The van der Waals surface area contributed by atoms with Crippen molar-refractivity contribution < 1.29 is 71.5 Å². The molecule has 3 amide bonds. The van der Waals surface area contributed by atoms with Crippen molar-refractivity contribution in [2.45, 2.75) is 177 Å². The lowest BCUT2D eigenvalue weighted by Crippen LogP contribution is -2.55. The summed E-state index contributed by atoms with van der Waals surface area (Å²) in [7, 11) is 0. The van der Waals surface area contributed by atoms with E-state index in [1.165, 1.54) is 6.08 Å². The van der Waals surface area contributed by atoms with Crippen LogP contribution in [-0.4, -0.2) is 99.7 Å². The van der Waals surface area contributed by atoms with Crippen molar-refractivity contribution in [3.8, 4) is 0 Å². The number of amides is 3. The third-order valence-electron chi connectivity index (χ3n) is 7.06. The molecule has 17 heteroatoms. The van der Waals surface area contributed by atoms with Gasteiger partial charge in [-0.3, -0.25) is 0 Å². The summed E-state index contributed by atoms with van der Waals surface area (Å²) in [6.45, 7) is 36.5. The van der Waals surface area contributed by atoms with Crippen LogP contribution in [0.15, 0.2) is 25.3 Å². The van der Waals surface area contributed by atoms with Gasteiger partial charge >= 0.3 is 42.5 Å². The quantitative estimate of drug-likeness (QED) is 0.104. The van der Waals surface area contributed by atoms with Crippen LogP contribution >= 0.6 is 0 Å². The summed E-state index contributed by atoms with van der Waals surface area (Å²) < 4.78 is 39.7. The summed E-state index contributed by atoms with van der Waals surface area (Å²) in [5.41, 5.74) is -6.13. The van der Waals surface area contributed by atoms with Crippen LogP contribution < -0.4 is 5.32 Å². The Morgan fingerprint density at radius 2 is 0.932 bits per heavy atom. The first-order valence-electron chi connectivity index (χ1n) is 19.0. The Bertz CT molecular complexity index is 1450. The van der Waals surface area contributed by atoms with Gasteiger partial charge in [0.1, 0.15) is 33.5 Å². The third kappa shape index (κ3) is 20.1. The molecule has 0 aromatic carbocycles. The summed E-state index contributed by atoms with van der Waals surface area (Å²) in [4.78, 5) is 84.3. The van der Waals surface area contributed by atoms with Crippen LogP contribution in [0.4, 0.5) is 24.0 Å². The summed E-state index contributed by atoms with van der Waals surface area (Å²) in [6.07, 6.45) is -0.707. The zero-order chi connectivity index (χ0) is 45.9. The molecule has 0 aromatic heterocycles. The van der Waals surface area contributed by atoms with Crippen molar-refractivity contribution in [2.24, 2.45) is 11.8 Å². The fourth-order valence-corrected chi connectivity index (χ4v) is 4.77. The van der Waals surface area contributed by atoms with Gasteiger partial charge in [0.05, 0.1) is 13.2 Å². The lowest BCUT2D eigenvalue weighted by molar-refractivity contribution is -0.151. The van der Waals surface area contributed by atoms with Gasteiger partial charge in [0.2, 0.25) is 0 Å². The van der Waals surface area contributed by atoms with E-state index in [1.807, 2.05) is 0 Å². The van der Waals surface area contributed by atoms with Crippen molar-refractivity contribution in [1.29, 1.82) is 0 Å². The van der Waals surface area contributed by atoms with E-state index in [9.17, 15) is 33.6 Å². The Kier molecular flexibility index (Phi) is 20.4. The van der Waals surface area contributed by atoms with Crippen LogP contribution in [0.1, 0.15) is 138 Å². The van der Waals surface area contributed by atoms with Crippen molar-refractivity contribution >= 4 is 42.5 Å². The number of hydrogen-bond donors (Lipinski definition) is 1. The normalized spacial score (nSPS) is 20.6. The molecule has 59 heavy (non-hydrogen) atoms. The summed E-state index contributed by atoms with van der Waals surface area (Å²) in [5.74, 6) is -1.60. The molecular weight excluding hydrogens is 772 g/mol. The minimum Gasteiger partial charge on any atom is -0.464 e. The molecule has 2 fully saturated rings. The predicted molar refractivity (Wildman–Crippen MR) is 219 cm³/mol. The van der Waals surface area contributed by atoms with Crippen LogP contribution in [0.25, 0.3) is 0 Å². The largest absolute Gasteiger partial charge is 0.519 e. The minimum atomic E-state index is -1.47. The Labute approximate surface area is 351 Å². The molecule has 2 rings (SSSR count). The van der Waals surface area contributed by atoms with Gasteiger partial charge in [0, 0.05) is 11.8 Å². The highest BCUT2D eigenvalue weighted by atomic mass is 16.8. The highest BCUT2D eigenvalue weighted by Gasteiger charge is 2.69. The van der Waals surface area contributed by atoms with Gasteiger partial charge in [0.15, 0.2) is 5.54 Å². The number of carbonyl (C=O) groups is 7. The number of nitrogens with zero attached hydrogens (tertiary/aromatic N) is 1. The SMILES string of the molecule is C.C=C[C@@H]1C[C@@]1(C(=O)OCC)N(C(=O)OC(C)(C)C)C(=O)OC(C)(C)C.C=C[C@@H]1C[C@]1(NC(=O)OC(C)(C)C)C(=O)OCC.CC(C)(C)OC(=O)OC(=O)OC(C)(C)C. The van der Waals surface area contributed by atoms with E-state index >= 15 is 0 Å². The number of rotatable bonds is 8. The molecule has 0 heterocycles. The number of ether oxygens (including phenoxy) is 8. The Balaban J connectivity index is 0. The zero-order valence-corrected chi connectivity index (χ0v) is 37.6. The van der Waals surface area contributed by atoms with Crippen molar-refractivity contribution in [3.05, 3.63) is 25.3 Å². The van der Waals surface area contributed by atoms with Crippen molar-refractivity contribution in [3.63, 3.8) is 0 Å². The van der Waals surface area contributed by atoms with Gasteiger partial charge < -0.3 is 43.2 Å². The third-order valence-corrected chi connectivity index (χ3v) is 7.06. The molecule has 1 N–H and O–H groups in total. The first-order valence-corrected chi connectivity index (χ1v) is 19.0. The molecule has 0 unspecified atom stereocenters. The van der Waals surface area contributed by atoms with Gasteiger partial charge in [-0.25, -0.2) is 33.6 Å². The molecule has 4 atom stereocenters.